The van der Waals surface area contributed by atoms with Gasteiger partial charge in [0.05, 0.1) is 18.1 Å². The summed E-state index contributed by atoms with van der Waals surface area (Å²) in [7, 11) is -2.19. The number of hydrogen-bond donors (Lipinski definition) is 0. The molecule has 0 heterocycles. The molecular weight excluding hydrogens is 286 g/mol. The highest BCUT2D eigenvalue weighted by Crippen LogP contribution is 2.53. The molecule has 0 saturated heterocycles. The highest BCUT2D eigenvalue weighted by molar-refractivity contribution is 7.93. The molecule has 1 aromatic carbocycles. The van der Waals surface area contributed by atoms with E-state index < -0.39 is 14.6 Å². The van der Waals surface area contributed by atoms with E-state index in [4.69, 9.17) is 4.74 Å². The van der Waals surface area contributed by atoms with Gasteiger partial charge in [-0.2, -0.15) is 5.26 Å². The van der Waals surface area contributed by atoms with E-state index in [2.05, 4.69) is 26.8 Å². The van der Waals surface area contributed by atoms with Crippen LogP contribution in [0.5, 0.6) is 5.75 Å². The van der Waals surface area contributed by atoms with Gasteiger partial charge in [-0.05, 0) is 42.4 Å². The number of sulfone groups is 1. The minimum Gasteiger partial charge on any atom is -0.497 e. The van der Waals surface area contributed by atoms with E-state index in [1.54, 1.807) is 12.1 Å². The summed E-state index contributed by atoms with van der Waals surface area (Å²) < 4.78 is 29.4. The summed E-state index contributed by atoms with van der Waals surface area (Å²) in [5, 5.41) is 9.48. The zero-order chi connectivity index (χ0) is 15.9. The van der Waals surface area contributed by atoms with E-state index in [0.717, 1.165) is 0 Å². The Morgan fingerprint density at radius 3 is 2.43 bits per heavy atom. The Hall–Kier alpha value is -1.54. The van der Waals surface area contributed by atoms with Crippen molar-refractivity contribution in [2.45, 2.75) is 43.3 Å². The normalized spacial score (nSPS) is 25.8. The van der Waals surface area contributed by atoms with Crippen LogP contribution >= 0.6 is 0 Å². The summed E-state index contributed by atoms with van der Waals surface area (Å²) in [6, 6.07) is 8.41. The molecule has 0 amide bonds. The fourth-order valence-electron chi connectivity index (χ4n) is 2.71. The highest BCUT2D eigenvalue weighted by Gasteiger charge is 2.57. The van der Waals surface area contributed by atoms with Gasteiger partial charge in [0.25, 0.3) is 0 Å². The molecule has 1 saturated carbocycles. The maximum absolute atomic E-state index is 12.8. The van der Waals surface area contributed by atoms with Crippen LogP contribution in [-0.4, -0.2) is 20.3 Å². The quantitative estimate of drug-likeness (QED) is 0.860. The van der Waals surface area contributed by atoms with E-state index in [-0.39, 0.29) is 16.2 Å². The second-order valence-corrected chi connectivity index (χ2v) is 9.02. The summed E-state index contributed by atoms with van der Waals surface area (Å²) in [4.78, 5) is 0.163. The number of ether oxygens (including phenoxy) is 1. The topological polar surface area (TPSA) is 67.2 Å². The standard InChI is InChI=1S/C16H21NO3S/c1-15(2,3)12-9-16(10-12,11-17)21(18,19)14-7-5-6-13(8-14)20-4/h5-8,12H,9-10H2,1-4H3. The first kappa shape index (κ1) is 15.8. The fraction of sp³-hybridized carbons (Fsp3) is 0.562. The monoisotopic (exact) mass is 307 g/mol. The summed E-state index contributed by atoms with van der Waals surface area (Å²) in [5.41, 5.74) is 0.0181. The lowest BCUT2D eigenvalue weighted by Crippen LogP contribution is -2.52. The summed E-state index contributed by atoms with van der Waals surface area (Å²) in [6.45, 7) is 6.24. The Morgan fingerprint density at radius 1 is 1.33 bits per heavy atom. The van der Waals surface area contributed by atoms with Gasteiger partial charge in [0.15, 0.2) is 14.6 Å². The van der Waals surface area contributed by atoms with Gasteiger partial charge < -0.3 is 4.74 Å². The van der Waals surface area contributed by atoms with E-state index in [1.165, 1.54) is 19.2 Å². The lowest BCUT2D eigenvalue weighted by Gasteiger charge is -2.48. The molecule has 0 spiro atoms. The molecule has 0 unspecified atom stereocenters. The van der Waals surface area contributed by atoms with Crippen LogP contribution in [0.15, 0.2) is 29.2 Å². The molecule has 114 valence electrons. The van der Waals surface area contributed by atoms with Gasteiger partial charge in [0, 0.05) is 0 Å². The van der Waals surface area contributed by atoms with E-state index in [1.807, 2.05) is 0 Å². The van der Waals surface area contributed by atoms with Crippen LogP contribution in [0.25, 0.3) is 0 Å². The Kier molecular flexibility index (Phi) is 3.79. The van der Waals surface area contributed by atoms with Crippen molar-refractivity contribution in [3.8, 4) is 11.8 Å². The van der Waals surface area contributed by atoms with Gasteiger partial charge in [-0.15, -0.1) is 0 Å². The largest absolute Gasteiger partial charge is 0.497 e. The van der Waals surface area contributed by atoms with Gasteiger partial charge in [-0.1, -0.05) is 26.8 Å². The molecule has 2 rings (SSSR count). The van der Waals surface area contributed by atoms with Crippen molar-refractivity contribution in [3.63, 3.8) is 0 Å². The Balaban J connectivity index is 2.37. The minimum atomic E-state index is -3.68. The van der Waals surface area contributed by atoms with Crippen molar-refractivity contribution in [3.05, 3.63) is 24.3 Å². The van der Waals surface area contributed by atoms with E-state index in [9.17, 15) is 13.7 Å². The molecule has 4 nitrogen and oxygen atoms in total. The Bertz CT molecular complexity index is 674. The number of methoxy groups -OCH3 is 1. The van der Waals surface area contributed by atoms with Crippen LogP contribution in [0.3, 0.4) is 0 Å². The molecule has 0 atom stereocenters. The second-order valence-electron chi connectivity index (χ2n) is 6.76. The smallest absolute Gasteiger partial charge is 0.197 e. The Labute approximate surface area is 126 Å². The highest BCUT2D eigenvalue weighted by atomic mass is 32.2. The first-order chi connectivity index (χ1) is 9.66. The van der Waals surface area contributed by atoms with Crippen molar-refractivity contribution in [2.75, 3.05) is 7.11 Å². The fourth-order valence-corrected chi connectivity index (χ4v) is 4.65. The van der Waals surface area contributed by atoms with Gasteiger partial charge in [-0.25, -0.2) is 8.42 Å². The van der Waals surface area contributed by atoms with Crippen LogP contribution in [0.4, 0.5) is 0 Å². The molecule has 1 aromatic rings. The van der Waals surface area contributed by atoms with Crippen LogP contribution < -0.4 is 4.74 Å². The van der Waals surface area contributed by atoms with Crippen LogP contribution in [0.2, 0.25) is 0 Å². The second kappa shape index (κ2) is 5.03. The number of nitrogens with zero attached hydrogens (tertiary/aromatic N) is 1. The summed E-state index contributed by atoms with van der Waals surface area (Å²) in [5.74, 6) is 0.730. The zero-order valence-corrected chi connectivity index (χ0v) is 13.7. The summed E-state index contributed by atoms with van der Waals surface area (Å²) in [6.07, 6.45) is 0.791. The number of benzene rings is 1. The number of hydrogen-bond acceptors (Lipinski definition) is 4. The summed E-state index contributed by atoms with van der Waals surface area (Å²) >= 11 is 0. The van der Waals surface area contributed by atoms with Crippen molar-refractivity contribution in [1.29, 1.82) is 5.26 Å². The van der Waals surface area contributed by atoms with E-state index in [0.29, 0.717) is 18.6 Å². The lowest BCUT2D eigenvalue weighted by molar-refractivity contribution is 0.117. The predicted octanol–water partition coefficient (Wildman–Crippen LogP) is 3.19. The Morgan fingerprint density at radius 2 is 1.95 bits per heavy atom. The number of rotatable bonds is 3. The van der Waals surface area contributed by atoms with Gasteiger partial charge in [-0.3, -0.25) is 0 Å². The van der Waals surface area contributed by atoms with Gasteiger partial charge in [0.1, 0.15) is 5.75 Å². The first-order valence-corrected chi connectivity index (χ1v) is 8.44. The molecule has 0 bridgehead atoms. The molecule has 1 aliphatic rings. The third-order valence-electron chi connectivity index (χ3n) is 4.45. The molecule has 1 fully saturated rings. The third kappa shape index (κ3) is 2.53. The molecule has 0 aromatic heterocycles. The van der Waals surface area contributed by atoms with Crippen molar-refractivity contribution in [1.82, 2.24) is 0 Å². The molecule has 0 aliphatic heterocycles. The lowest BCUT2D eigenvalue weighted by atomic mass is 9.63. The molecule has 21 heavy (non-hydrogen) atoms. The minimum absolute atomic E-state index is 0.0181. The maximum atomic E-state index is 12.8. The van der Waals surface area contributed by atoms with Gasteiger partial charge in [0.2, 0.25) is 0 Å². The van der Waals surface area contributed by atoms with Crippen molar-refractivity contribution in [2.24, 2.45) is 11.3 Å². The molecule has 0 radical (unpaired) electrons. The van der Waals surface area contributed by atoms with Crippen LogP contribution in [0.1, 0.15) is 33.6 Å². The molecule has 5 heteroatoms. The van der Waals surface area contributed by atoms with Crippen molar-refractivity contribution >= 4 is 9.84 Å². The van der Waals surface area contributed by atoms with Crippen LogP contribution in [0, 0.1) is 22.7 Å². The predicted molar refractivity (Wildman–Crippen MR) is 80.7 cm³/mol. The molecule has 0 N–H and O–H groups in total. The average Bonchev–Trinajstić information content (AvgIpc) is 2.36. The molecule has 1 aliphatic carbocycles. The third-order valence-corrected chi connectivity index (χ3v) is 6.77. The number of nitriles is 1. The first-order valence-electron chi connectivity index (χ1n) is 6.96. The van der Waals surface area contributed by atoms with Gasteiger partial charge >= 0.3 is 0 Å². The van der Waals surface area contributed by atoms with Crippen LogP contribution in [-0.2, 0) is 9.84 Å². The van der Waals surface area contributed by atoms with E-state index >= 15 is 0 Å². The average molecular weight is 307 g/mol. The molecular formula is C16H21NO3S. The van der Waals surface area contributed by atoms with Crippen molar-refractivity contribution < 1.29 is 13.2 Å². The maximum Gasteiger partial charge on any atom is 0.197 e. The zero-order valence-electron chi connectivity index (χ0n) is 12.9. The SMILES string of the molecule is COc1cccc(S(=O)(=O)C2(C#N)CC(C(C)(C)C)C2)c1.